The summed E-state index contributed by atoms with van der Waals surface area (Å²) in [6.45, 7) is 10.9. The number of aromatic nitrogens is 3. The van der Waals surface area contributed by atoms with Crippen molar-refractivity contribution >= 4 is 24.2 Å². The second-order valence-corrected chi connectivity index (χ2v) is 7.25. The van der Waals surface area contributed by atoms with Crippen molar-refractivity contribution in [2.45, 2.75) is 19.9 Å². The number of aryl methyl sites for hydroxylation is 2. The Kier molecular flexibility index (Phi) is 6.87. The van der Waals surface area contributed by atoms with Gasteiger partial charge < -0.3 is 15.8 Å². The van der Waals surface area contributed by atoms with Gasteiger partial charge in [0.05, 0.1) is 7.11 Å². The molecule has 33 heavy (non-hydrogen) atoms. The molecule has 3 rings (SSSR count). The molecule has 10 nitrogen and oxygen atoms in total. The molecular weight excluding hydrogens is 420 g/mol. The van der Waals surface area contributed by atoms with Crippen LogP contribution in [0, 0.1) is 19.3 Å². The van der Waals surface area contributed by atoms with Crippen LogP contribution in [0.15, 0.2) is 64.0 Å². The Bertz CT molecular complexity index is 1260. The van der Waals surface area contributed by atoms with Gasteiger partial charge in [0.2, 0.25) is 0 Å². The van der Waals surface area contributed by atoms with Gasteiger partial charge in [-0.25, -0.2) is 14.8 Å². The highest BCUT2D eigenvalue weighted by molar-refractivity contribution is 5.95. The second kappa shape index (κ2) is 9.77. The summed E-state index contributed by atoms with van der Waals surface area (Å²) < 4.78 is 6.52. The minimum Gasteiger partial charge on any atom is -0.496 e. The van der Waals surface area contributed by atoms with Crippen LogP contribution in [0.2, 0.25) is 0 Å². The van der Waals surface area contributed by atoms with Gasteiger partial charge in [-0.05, 0) is 73.7 Å². The fraction of sp³-hybridized carbons (Fsp3) is 0.174. The number of nitrogens with two attached hydrogens (primary N) is 1. The average molecular weight is 447 g/mol. The highest BCUT2D eigenvalue weighted by Crippen LogP contribution is 2.31. The number of benzene rings is 2. The monoisotopic (exact) mass is 446 g/mol. The van der Waals surface area contributed by atoms with E-state index in [0.29, 0.717) is 11.4 Å². The molecule has 0 spiro atoms. The number of amidine groups is 1. The maximum Gasteiger partial charge on any atom is 0.350 e. The first kappa shape index (κ1) is 23.2. The van der Waals surface area contributed by atoms with Crippen molar-refractivity contribution in [2.75, 3.05) is 12.4 Å². The molecular formula is C23H26N8O2. The first-order chi connectivity index (χ1) is 15.8. The molecule has 0 aliphatic carbocycles. The molecule has 1 atom stereocenters. The van der Waals surface area contributed by atoms with Gasteiger partial charge in [-0.3, -0.25) is 10.4 Å². The lowest BCUT2D eigenvalue weighted by atomic mass is 9.99. The molecule has 0 saturated heterocycles. The Labute approximate surface area is 191 Å². The van der Waals surface area contributed by atoms with E-state index in [2.05, 4.69) is 38.7 Å². The van der Waals surface area contributed by atoms with Crippen LogP contribution < -0.4 is 21.5 Å². The number of hydrogen-bond donors (Lipinski definition) is 4. The largest absolute Gasteiger partial charge is 0.496 e. The SMILES string of the molecule is C=CN=C(N=C)n1nc(C(Nc2ccc(C(=N)N)cc2)c2cc(C)c(OC)c(C)c2)[nH]c1=O. The number of aliphatic imine (C=N–C) groups is 2. The number of nitrogen functional groups attached to an aromatic ring is 1. The zero-order valence-corrected chi connectivity index (χ0v) is 18.7. The lowest BCUT2D eigenvalue weighted by Crippen LogP contribution is -2.24. The third-order valence-electron chi connectivity index (χ3n) is 4.97. The number of anilines is 1. The van der Waals surface area contributed by atoms with Gasteiger partial charge in [-0.15, -0.1) is 9.78 Å². The molecule has 0 aliphatic rings. The number of ether oxygens (including phenoxy) is 1. The molecule has 0 amide bonds. The molecule has 5 N–H and O–H groups in total. The molecule has 0 aliphatic heterocycles. The van der Waals surface area contributed by atoms with Gasteiger partial charge in [-0.2, -0.15) is 0 Å². The van der Waals surface area contributed by atoms with E-state index in [1.165, 1.54) is 6.20 Å². The summed E-state index contributed by atoms with van der Waals surface area (Å²) in [5.41, 5.74) is 9.13. The van der Waals surface area contributed by atoms with Crippen LogP contribution in [0.25, 0.3) is 0 Å². The number of nitrogens with zero attached hydrogens (tertiary/aromatic N) is 4. The third kappa shape index (κ3) is 4.90. The molecule has 1 unspecified atom stereocenters. The van der Waals surface area contributed by atoms with E-state index in [0.717, 1.165) is 32.8 Å². The van der Waals surface area contributed by atoms with Crippen LogP contribution in [-0.2, 0) is 0 Å². The summed E-state index contributed by atoms with van der Waals surface area (Å²) in [6, 6.07) is 10.5. The average Bonchev–Trinajstić information content (AvgIpc) is 3.16. The van der Waals surface area contributed by atoms with Crippen molar-refractivity contribution < 1.29 is 4.74 Å². The van der Waals surface area contributed by atoms with Gasteiger partial charge in [0.1, 0.15) is 17.6 Å². The van der Waals surface area contributed by atoms with Crippen LogP contribution in [0.1, 0.15) is 34.1 Å². The van der Waals surface area contributed by atoms with Crippen molar-refractivity contribution in [1.29, 1.82) is 5.41 Å². The summed E-state index contributed by atoms with van der Waals surface area (Å²) in [4.78, 5) is 23.1. The lowest BCUT2D eigenvalue weighted by Gasteiger charge is -2.21. The molecule has 0 radical (unpaired) electrons. The van der Waals surface area contributed by atoms with E-state index < -0.39 is 11.7 Å². The topological polar surface area (TPSA) is 147 Å². The Morgan fingerprint density at radius 2 is 1.94 bits per heavy atom. The number of aromatic amines is 1. The van der Waals surface area contributed by atoms with Gasteiger partial charge >= 0.3 is 5.69 Å². The molecule has 2 aromatic carbocycles. The molecule has 0 bridgehead atoms. The first-order valence-electron chi connectivity index (χ1n) is 10.00. The number of nitrogens with one attached hydrogen (secondary N) is 3. The highest BCUT2D eigenvalue weighted by Gasteiger charge is 2.22. The Hall–Kier alpha value is -4.47. The van der Waals surface area contributed by atoms with Crippen molar-refractivity contribution in [3.05, 3.63) is 87.7 Å². The fourth-order valence-electron chi connectivity index (χ4n) is 3.54. The van der Waals surface area contributed by atoms with Gasteiger partial charge in [0.25, 0.3) is 5.96 Å². The van der Waals surface area contributed by atoms with Crippen LogP contribution in [0.4, 0.5) is 5.69 Å². The maximum absolute atomic E-state index is 12.6. The van der Waals surface area contributed by atoms with E-state index >= 15 is 0 Å². The molecule has 1 heterocycles. The minimum absolute atomic E-state index is 0.00385. The van der Waals surface area contributed by atoms with Gasteiger partial charge in [0, 0.05) is 17.5 Å². The van der Waals surface area contributed by atoms with Crippen LogP contribution in [0.3, 0.4) is 0 Å². The third-order valence-corrected chi connectivity index (χ3v) is 4.97. The van der Waals surface area contributed by atoms with Crippen LogP contribution in [0.5, 0.6) is 5.75 Å². The zero-order valence-electron chi connectivity index (χ0n) is 18.7. The van der Waals surface area contributed by atoms with E-state index in [4.69, 9.17) is 15.9 Å². The summed E-state index contributed by atoms with van der Waals surface area (Å²) >= 11 is 0. The first-order valence-corrected chi connectivity index (χ1v) is 10.00. The summed E-state index contributed by atoms with van der Waals surface area (Å²) in [5, 5.41) is 15.4. The number of rotatable bonds is 7. The maximum atomic E-state index is 12.6. The number of methoxy groups -OCH3 is 1. The number of hydrogen-bond acceptors (Lipinski definition) is 6. The standard InChI is InChI=1S/C23H26N8O2/c1-6-27-22(26-4)31-23(32)29-21(30-31)18(16-11-13(2)19(33-5)14(3)12-16)28-17-9-7-15(8-10-17)20(24)25/h6-12,18,28H,1,4H2,2-3,5H3,(H3,24,25)(H,29,30,32). The predicted molar refractivity (Wildman–Crippen MR) is 131 cm³/mol. The number of H-pyrrole nitrogens is 1. The zero-order chi connectivity index (χ0) is 24.1. The summed E-state index contributed by atoms with van der Waals surface area (Å²) in [7, 11) is 1.63. The Morgan fingerprint density at radius 1 is 1.30 bits per heavy atom. The molecule has 0 saturated carbocycles. The summed E-state index contributed by atoms with van der Waals surface area (Å²) in [5.74, 6) is 1.12. The van der Waals surface area contributed by atoms with Gasteiger partial charge in [0.15, 0.2) is 5.82 Å². The molecule has 10 heteroatoms. The predicted octanol–water partition coefficient (Wildman–Crippen LogP) is 2.73. The molecule has 3 aromatic rings. The summed E-state index contributed by atoms with van der Waals surface area (Å²) in [6.07, 6.45) is 1.26. The Balaban J connectivity index is 2.13. The second-order valence-electron chi connectivity index (χ2n) is 7.25. The van der Waals surface area contributed by atoms with Crippen molar-refractivity contribution in [2.24, 2.45) is 15.7 Å². The van der Waals surface area contributed by atoms with Crippen molar-refractivity contribution in [3.8, 4) is 5.75 Å². The van der Waals surface area contributed by atoms with E-state index in [1.807, 2.05) is 26.0 Å². The molecule has 1 aromatic heterocycles. The fourth-order valence-corrected chi connectivity index (χ4v) is 3.54. The normalized spacial score (nSPS) is 12.2. The minimum atomic E-state index is -0.528. The molecule has 170 valence electrons. The van der Waals surface area contributed by atoms with E-state index in [-0.39, 0.29) is 11.8 Å². The van der Waals surface area contributed by atoms with Crippen LogP contribution in [-0.4, -0.2) is 40.4 Å². The smallest absolute Gasteiger partial charge is 0.350 e. The Morgan fingerprint density at radius 3 is 2.45 bits per heavy atom. The molecule has 0 fully saturated rings. The van der Waals surface area contributed by atoms with E-state index in [1.54, 1.807) is 31.4 Å². The van der Waals surface area contributed by atoms with Crippen LogP contribution >= 0.6 is 0 Å². The van der Waals surface area contributed by atoms with Crippen molar-refractivity contribution in [3.63, 3.8) is 0 Å². The van der Waals surface area contributed by atoms with Gasteiger partial charge in [-0.1, -0.05) is 6.58 Å². The quantitative estimate of drug-likeness (QED) is 0.325. The van der Waals surface area contributed by atoms with Crippen molar-refractivity contribution in [1.82, 2.24) is 14.8 Å². The van der Waals surface area contributed by atoms with E-state index in [9.17, 15) is 4.79 Å². The lowest BCUT2D eigenvalue weighted by molar-refractivity contribution is 0.408. The highest BCUT2D eigenvalue weighted by atomic mass is 16.5.